The third-order valence-electron chi connectivity index (χ3n) is 5.27. The van der Waals surface area contributed by atoms with Gasteiger partial charge >= 0.3 is 6.03 Å². The van der Waals surface area contributed by atoms with Crippen LogP contribution in [-0.2, 0) is 6.54 Å². The molecule has 1 aromatic heterocycles. The minimum absolute atomic E-state index is 0.0228. The second-order valence-corrected chi connectivity index (χ2v) is 7.27. The van der Waals surface area contributed by atoms with Gasteiger partial charge in [0.2, 0.25) is 0 Å². The monoisotopic (exact) mass is 317 g/mol. The average Bonchev–Trinajstić information content (AvgIpc) is 3.19. The first kappa shape index (κ1) is 15.0. The van der Waals surface area contributed by atoms with Crippen LogP contribution < -0.4 is 10.6 Å². The number of aromatic nitrogens is 2. The van der Waals surface area contributed by atoms with Gasteiger partial charge in [-0.15, -0.1) is 0 Å². The van der Waals surface area contributed by atoms with Crippen molar-refractivity contribution in [1.82, 2.24) is 20.0 Å². The summed E-state index contributed by atoms with van der Waals surface area (Å²) in [4.78, 5) is 14.3. The number of carbonyl (C=O) groups is 1. The highest BCUT2D eigenvalue weighted by atomic mass is 16.2. The topological polar surface area (TPSA) is 62.2 Å². The van der Waals surface area contributed by atoms with E-state index in [9.17, 15) is 4.79 Å². The molecule has 0 unspecified atom stereocenters. The van der Waals surface area contributed by atoms with Crippen molar-refractivity contribution >= 4 is 11.7 Å². The second-order valence-electron chi connectivity index (χ2n) is 7.27. The second kappa shape index (κ2) is 6.15. The Labute approximate surface area is 137 Å². The van der Waals surface area contributed by atoms with Crippen molar-refractivity contribution in [1.29, 1.82) is 0 Å². The van der Waals surface area contributed by atoms with Crippen LogP contribution in [-0.4, -0.2) is 45.9 Å². The van der Waals surface area contributed by atoms with Gasteiger partial charge < -0.3 is 15.5 Å². The predicted molar refractivity (Wildman–Crippen MR) is 89.6 cm³/mol. The molecule has 2 saturated carbocycles. The fraction of sp³-hybridized carbons (Fsp3) is 0.765. The van der Waals surface area contributed by atoms with E-state index in [-0.39, 0.29) is 6.03 Å². The molecule has 0 bridgehead atoms. The number of likely N-dealkylation sites (tertiary alicyclic amines) is 1. The molecule has 2 amide bonds. The molecule has 1 aromatic rings. The molecule has 3 aliphatic rings. The molecule has 23 heavy (non-hydrogen) atoms. The van der Waals surface area contributed by atoms with Crippen LogP contribution >= 0.6 is 0 Å². The average molecular weight is 317 g/mol. The molecule has 1 saturated heterocycles. The molecule has 4 rings (SSSR count). The van der Waals surface area contributed by atoms with Gasteiger partial charge in [0.05, 0.1) is 17.6 Å². The number of hydrogen-bond donors (Lipinski definition) is 2. The van der Waals surface area contributed by atoms with Crippen molar-refractivity contribution in [2.24, 2.45) is 0 Å². The van der Waals surface area contributed by atoms with E-state index in [1.54, 1.807) is 0 Å². The number of nitrogens with one attached hydrogen (secondary N) is 2. The zero-order valence-corrected chi connectivity index (χ0v) is 13.9. The molecule has 1 aliphatic heterocycles. The molecule has 0 aromatic carbocycles. The Morgan fingerprint density at radius 2 is 2.04 bits per heavy atom. The van der Waals surface area contributed by atoms with Crippen molar-refractivity contribution in [2.45, 2.75) is 70.0 Å². The van der Waals surface area contributed by atoms with Crippen molar-refractivity contribution < 1.29 is 4.79 Å². The summed E-state index contributed by atoms with van der Waals surface area (Å²) in [6.07, 6.45) is 9.26. The number of nitrogens with zero attached hydrogens (tertiary/aromatic N) is 3. The minimum Gasteiger partial charge on any atom is -0.321 e. The summed E-state index contributed by atoms with van der Waals surface area (Å²) in [5.74, 6) is 0.587. The highest BCUT2D eigenvalue weighted by Gasteiger charge is 2.35. The SMILES string of the molecule is CCCn1ncc(NC(=O)N2CC(NC3CCC3)C2)c1C1CC1. The number of hydrogen-bond acceptors (Lipinski definition) is 3. The summed E-state index contributed by atoms with van der Waals surface area (Å²) in [6, 6.07) is 1.20. The lowest BCUT2D eigenvalue weighted by Gasteiger charge is -2.43. The lowest BCUT2D eigenvalue weighted by atomic mass is 9.91. The zero-order chi connectivity index (χ0) is 15.8. The summed E-state index contributed by atoms with van der Waals surface area (Å²) in [5.41, 5.74) is 2.14. The molecule has 6 heteroatoms. The van der Waals surface area contributed by atoms with E-state index >= 15 is 0 Å². The maximum Gasteiger partial charge on any atom is 0.322 e. The first-order valence-electron chi connectivity index (χ1n) is 9.12. The molecule has 2 heterocycles. The normalized spacial score (nSPS) is 21.9. The standard InChI is InChI=1S/C17H27N5O/c1-2-8-22-16(12-6-7-12)15(9-18-22)20-17(23)21-10-14(11-21)19-13-4-3-5-13/h9,12-14,19H,2-8,10-11H2,1H3,(H,20,23). The van der Waals surface area contributed by atoms with Crippen molar-refractivity contribution in [3.63, 3.8) is 0 Å². The number of amides is 2. The fourth-order valence-corrected chi connectivity index (χ4v) is 3.52. The predicted octanol–water partition coefficient (Wildman–Crippen LogP) is 2.53. The molecule has 0 atom stereocenters. The Morgan fingerprint density at radius 1 is 1.26 bits per heavy atom. The fourth-order valence-electron chi connectivity index (χ4n) is 3.52. The van der Waals surface area contributed by atoms with Gasteiger partial charge in [-0.05, 0) is 32.1 Å². The summed E-state index contributed by atoms with van der Waals surface area (Å²) in [7, 11) is 0. The maximum atomic E-state index is 12.4. The van der Waals surface area contributed by atoms with Gasteiger partial charge in [-0.2, -0.15) is 5.10 Å². The van der Waals surface area contributed by atoms with Crippen LogP contribution in [0.1, 0.15) is 57.1 Å². The van der Waals surface area contributed by atoms with E-state index in [2.05, 4.69) is 27.3 Å². The molecule has 6 nitrogen and oxygen atoms in total. The van der Waals surface area contributed by atoms with Gasteiger partial charge in [-0.1, -0.05) is 13.3 Å². The zero-order valence-electron chi connectivity index (χ0n) is 13.9. The van der Waals surface area contributed by atoms with Crippen LogP contribution in [0.5, 0.6) is 0 Å². The highest BCUT2D eigenvalue weighted by Crippen LogP contribution is 2.43. The van der Waals surface area contributed by atoms with E-state index in [4.69, 9.17) is 0 Å². The van der Waals surface area contributed by atoms with Crippen molar-refractivity contribution in [3.8, 4) is 0 Å². The quantitative estimate of drug-likeness (QED) is 0.847. The van der Waals surface area contributed by atoms with E-state index in [0.29, 0.717) is 18.0 Å². The molecular formula is C17H27N5O. The Kier molecular flexibility index (Phi) is 4.01. The van der Waals surface area contributed by atoms with E-state index < -0.39 is 0 Å². The smallest absolute Gasteiger partial charge is 0.321 e. The number of urea groups is 1. The number of carbonyl (C=O) groups excluding carboxylic acids is 1. The molecule has 0 radical (unpaired) electrons. The van der Waals surface area contributed by atoms with Gasteiger partial charge in [0.15, 0.2) is 0 Å². The van der Waals surface area contributed by atoms with Crippen LogP contribution in [0, 0.1) is 0 Å². The van der Waals surface area contributed by atoms with Gasteiger partial charge in [-0.25, -0.2) is 4.79 Å². The van der Waals surface area contributed by atoms with Crippen LogP contribution in [0.2, 0.25) is 0 Å². The lowest BCUT2D eigenvalue weighted by Crippen LogP contribution is -2.63. The number of anilines is 1. The van der Waals surface area contributed by atoms with Crippen LogP contribution in [0.4, 0.5) is 10.5 Å². The van der Waals surface area contributed by atoms with Crippen LogP contribution in [0.3, 0.4) is 0 Å². The van der Waals surface area contributed by atoms with Gasteiger partial charge in [0.1, 0.15) is 0 Å². The van der Waals surface area contributed by atoms with Crippen LogP contribution in [0.15, 0.2) is 6.20 Å². The summed E-state index contributed by atoms with van der Waals surface area (Å²) in [5, 5.41) is 11.2. The van der Waals surface area contributed by atoms with Gasteiger partial charge in [-0.3, -0.25) is 4.68 Å². The first-order valence-corrected chi connectivity index (χ1v) is 9.12. The molecule has 126 valence electrons. The van der Waals surface area contributed by atoms with Crippen molar-refractivity contribution in [3.05, 3.63) is 11.9 Å². The molecular weight excluding hydrogens is 290 g/mol. The Balaban J connectivity index is 1.32. The minimum atomic E-state index is 0.0228. The summed E-state index contributed by atoms with van der Waals surface area (Å²) in [6.45, 7) is 4.74. The number of rotatable bonds is 6. The summed E-state index contributed by atoms with van der Waals surface area (Å²) >= 11 is 0. The van der Waals surface area contributed by atoms with E-state index in [1.165, 1.54) is 37.8 Å². The Morgan fingerprint density at radius 3 is 2.65 bits per heavy atom. The van der Waals surface area contributed by atoms with Crippen LogP contribution in [0.25, 0.3) is 0 Å². The number of aryl methyl sites for hydroxylation is 1. The van der Waals surface area contributed by atoms with E-state index in [0.717, 1.165) is 31.7 Å². The Bertz CT molecular complexity index is 570. The van der Waals surface area contributed by atoms with Gasteiger partial charge in [0.25, 0.3) is 0 Å². The largest absolute Gasteiger partial charge is 0.322 e. The molecule has 0 spiro atoms. The molecule has 3 fully saturated rings. The molecule has 2 aliphatic carbocycles. The molecule has 2 N–H and O–H groups in total. The third-order valence-corrected chi connectivity index (χ3v) is 5.27. The third kappa shape index (κ3) is 3.09. The van der Waals surface area contributed by atoms with Gasteiger partial charge in [0, 0.05) is 37.6 Å². The first-order chi connectivity index (χ1) is 11.2. The Hall–Kier alpha value is -1.56. The summed E-state index contributed by atoms with van der Waals surface area (Å²) < 4.78 is 2.07. The van der Waals surface area contributed by atoms with Crippen molar-refractivity contribution in [2.75, 3.05) is 18.4 Å². The lowest BCUT2D eigenvalue weighted by molar-refractivity contribution is 0.132. The maximum absolute atomic E-state index is 12.4. The highest BCUT2D eigenvalue weighted by molar-refractivity contribution is 5.90. The van der Waals surface area contributed by atoms with E-state index in [1.807, 2.05) is 11.1 Å².